The van der Waals surface area contributed by atoms with Crippen molar-refractivity contribution in [2.75, 3.05) is 7.11 Å². The van der Waals surface area contributed by atoms with E-state index in [-0.39, 0.29) is 5.56 Å². The molecule has 0 N–H and O–H groups in total. The van der Waals surface area contributed by atoms with Crippen LogP contribution < -0.4 is 10.3 Å². The number of methoxy groups -OCH3 is 1. The van der Waals surface area contributed by atoms with Crippen LogP contribution in [0.2, 0.25) is 0 Å². The van der Waals surface area contributed by atoms with Gasteiger partial charge in [-0.25, -0.2) is 4.68 Å². The third kappa shape index (κ3) is 1.99. The van der Waals surface area contributed by atoms with Gasteiger partial charge in [-0.3, -0.25) is 9.20 Å². The van der Waals surface area contributed by atoms with Crippen molar-refractivity contribution in [1.29, 1.82) is 0 Å². The van der Waals surface area contributed by atoms with Gasteiger partial charge < -0.3 is 4.74 Å². The standard InChI is InChI=1S/C14H13N3O2/c1-19-14-15-17(10-11-6-3-2-4-7-11)13(18)12-8-5-9-16(12)14/h2-9H,10H2,1H3. The first kappa shape index (κ1) is 11.5. The molecular formula is C14H13N3O2. The lowest BCUT2D eigenvalue weighted by molar-refractivity contribution is 0.354. The van der Waals surface area contributed by atoms with Crippen LogP contribution in [0.5, 0.6) is 6.01 Å². The first-order valence-electron chi connectivity index (χ1n) is 5.95. The predicted octanol–water partition coefficient (Wildman–Crippen LogP) is 1.55. The number of benzene rings is 1. The number of aromatic nitrogens is 3. The molecule has 0 saturated heterocycles. The van der Waals surface area contributed by atoms with Crippen molar-refractivity contribution >= 4 is 5.52 Å². The molecule has 3 rings (SSSR count). The van der Waals surface area contributed by atoms with Crippen molar-refractivity contribution in [3.05, 3.63) is 64.6 Å². The van der Waals surface area contributed by atoms with E-state index in [1.165, 1.54) is 4.68 Å². The van der Waals surface area contributed by atoms with E-state index in [1.807, 2.05) is 30.3 Å². The minimum Gasteiger partial charge on any atom is -0.467 e. The Hall–Kier alpha value is -2.56. The van der Waals surface area contributed by atoms with E-state index in [9.17, 15) is 4.79 Å². The normalized spacial score (nSPS) is 10.8. The van der Waals surface area contributed by atoms with Gasteiger partial charge in [0.2, 0.25) is 0 Å². The Morgan fingerprint density at radius 3 is 2.68 bits per heavy atom. The van der Waals surface area contributed by atoms with Crippen LogP contribution in [0, 0.1) is 0 Å². The quantitative estimate of drug-likeness (QED) is 0.713. The Kier molecular flexibility index (Phi) is 2.79. The van der Waals surface area contributed by atoms with Gasteiger partial charge in [-0.05, 0) is 17.7 Å². The molecule has 0 saturated carbocycles. The van der Waals surface area contributed by atoms with Gasteiger partial charge in [0.05, 0.1) is 13.7 Å². The minimum atomic E-state index is -0.130. The predicted molar refractivity (Wildman–Crippen MR) is 71.5 cm³/mol. The summed E-state index contributed by atoms with van der Waals surface area (Å²) in [6.07, 6.45) is 1.76. The molecule has 1 aromatic carbocycles. The molecule has 2 aromatic heterocycles. The molecule has 2 heterocycles. The summed E-state index contributed by atoms with van der Waals surface area (Å²) >= 11 is 0. The molecule has 0 atom stereocenters. The van der Waals surface area contributed by atoms with Gasteiger partial charge in [-0.2, -0.15) is 0 Å². The Balaban J connectivity index is 2.13. The molecule has 0 bridgehead atoms. The van der Waals surface area contributed by atoms with Crippen LogP contribution in [-0.4, -0.2) is 21.3 Å². The molecule has 5 nitrogen and oxygen atoms in total. The summed E-state index contributed by atoms with van der Waals surface area (Å²) in [5, 5.41) is 4.23. The molecule has 0 aliphatic heterocycles. The van der Waals surface area contributed by atoms with Gasteiger partial charge in [-0.1, -0.05) is 30.3 Å². The van der Waals surface area contributed by atoms with Crippen molar-refractivity contribution in [2.45, 2.75) is 6.54 Å². The van der Waals surface area contributed by atoms with E-state index >= 15 is 0 Å². The van der Waals surface area contributed by atoms with Gasteiger partial charge in [0.25, 0.3) is 5.56 Å². The number of ether oxygens (including phenoxy) is 1. The highest BCUT2D eigenvalue weighted by Crippen LogP contribution is 2.09. The van der Waals surface area contributed by atoms with Crippen LogP contribution in [0.15, 0.2) is 53.5 Å². The smallest absolute Gasteiger partial charge is 0.318 e. The number of hydrogen-bond acceptors (Lipinski definition) is 3. The lowest BCUT2D eigenvalue weighted by atomic mass is 10.2. The monoisotopic (exact) mass is 255 g/mol. The molecule has 0 unspecified atom stereocenters. The van der Waals surface area contributed by atoms with E-state index in [2.05, 4.69) is 5.10 Å². The molecule has 0 amide bonds. The molecule has 0 radical (unpaired) electrons. The number of fused-ring (bicyclic) bond motifs is 1. The third-order valence-corrected chi connectivity index (χ3v) is 2.97. The maximum atomic E-state index is 12.3. The fourth-order valence-electron chi connectivity index (χ4n) is 2.05. The number of hydrogen-bond donors (Lipinski definition) is 0. The minimum absolute atomic E-state index is 0.130. The van der Waals surface area contributed by atoms with Crippen molar-refractivity contribution < 1.29 is 4.74 Å². The third-order valence-electron chi connectivity index (χ3n) is 2.97. The fourth-order valence-corrected chi connectivity index (χ4v) is 2.05. The maximum Gasteiger partial charge on any atom is 0.318 e. The van der Waals surface area contributed by atoms with Crippen LogP contribution in [0.3, 0.4) is 0 Å². The van der Waals surface area contributed by atoms with Crippen molar-refractivity contribution in [1.82, 2.24) is 14.2 Å². The van der Waals surface area contributed by atoms with E-state index in [4.69, 9.17) is 4.74 Å². The van der Waals surface area contributed by atoms with Gasteiger partial charge in [0, 0.05) is 6.20 Å². The molecule has 96 valence electrons. The Morgan fingerprint density at radius 2 is 1.95 bits per heavy atom. The summed E-state index contributed by atoms with van der Waals surface area (Å²) in [6.45, 7) is 0.428. The Labute approximate surface area is 109 Å². The van der Waals surface area contributed by atoms with Gasteiger partial charge in [0.1, 0.15) is 5.52 Å². The van der Waals surface area contributed by atoms with E-state index in [1.54, 1.807) is 29.8 Å². The molecule has 0 spiro atoms. The van der Waals surface area contributed by atoms with Crippen LogP contribution >= 0.6 is 0 Å². The van der Waals surface area contributed by atoms with Crippen LogP contribution in [0.4, 0.5) is 0 Å². The fraction of sp³-hybridized carbons (Fsp3) is 0.143. The summed E-state index contributed by atoms with van der Waals surface area (Å²) in [6, 6.07) is 13.7. The van der Waals surface area contributed by atoms with Gasteiger partial charge in [-0.15, -0.1) is 5.10 Å². The first-order chi connectivity index (χ1) is 9.29. The molecule has 0 aliphatic rings. The highest BCUT2D eigenvalue weighted by Gasteiger charge is 2.10. The SMILES string of the molecule is COc1nn(Cc2ccccc2)c(=O)c2cccn12. The topological polar surface area (TPSA) is 48.5 Å². The lowest BCUT2D eigenvalue weighted by Gasteiger charge is -2.09. The lowest BCUT2D eigenvalue weighted by Crippen LogP contribution is -2.26. The number of rotatable bonds is 3. The Bertz CT molecular complexity index is 759. The van der Waals surface area contributed by atoms with Crippen LogP contribution in [0.1, 0.15) is 5.56 Å². The first-order valence-corrected chi connectivity index (χ1v) is 5.95. The Morgan fingerprint density at radius 1 is 1.16 bits per heavy atom. The van der Waals surface area contributed by atoms with Gasteiger partial charge >= 0.3 is 6.01 Å². The molecule has 19 heavy (non-hydrogen) atoms. The van der Waals surface area contributed by atoms with E-state index in [0.29, 0.717) is 18.1 Å². The molecule has 0 aliphatic carbocycles. The summed E-state index contributed by atoms with van der Waals surface area (Å²) < 4.78 is 8.27. The van der Waals surface area contributed by atoms with Crippen molar-refractivity contribution in [3.8, 4) is 6.01 Å². The summed E-state index contributed by atoms with van der Waals surface area (Å²) in [7, 11) is 1.54. The van der Waals surface area contributed by atoms with Crippen molar-refractivity contribution in [3.63, 3.8) is 0 Å². The zero-order chi connectivity index (χ0) is 13.2. The molecule has 0 fully saturated rings. The molecule has 3 aromatic rings. The second kappa shape index (κ2) is 4.61. The summed E-state index contributed by atoms with van der Waals surface area (Å²) in [5.41, 5.74) is 1.45. The van der Waals surface area contributed by atoms with Gasteiger partial charge in [0.15, 0.2) is 0 Å². The van der Waals surface area contributed by atoms with Crippen LogP contribution in [0.25, 0.3) is 5.52 Å². The van der Waals surface area contributed by atoms with Crippen molar-refractivity contribution in [2.24, 2.45) is 0 Å². The largest absolute Gasteiger partial charge is 0.467 e. The molecular weight excluding hydrogens is 242 g/mol. The maximum absolute atomic E-state index is 12.3. The van der Waals surface area contributed by atoms with E-state index < -0.39 is 0 Å². The zero-order valence-corrected chi connectivity index (χ0v) is 10.5. The zero-order valence-electron chi connectivity index (χ0n) is 10.5. The highest BCUT2D eigenvalue weighted by atomic mass is 16.5. The second-order valence-electron chi connectivity index (χ2n) is 4.20. The summed E-state index contributed by atoms with van der Waals surface area (Å²) in [5.74, 6) is 0. The van der Waals surface area contributed by atoms with E-state index in [0.717, 1.165) is 5.56 Å². The molecule has 5 heteroatoms. The second-order valence-corrected chi connectivity index (χ2v) is 4.20. The van der Waals surface area contributed by atoms with Crippen LogP contribution in [-0.2, 0) is 6.54 Å². The highest BCUT2D eigenvalue weighted by molar-refractivity contribution is 5.46. The number of nitrogens with zero attached hydrogens (tertiary/aromatic N) is 3. The average molecular weight is 255 g/mol. The summed E-state index contributed by atoms with van der Waals surface area (Å²) in [4.78, 5) is 12.3. The average Bonchev–Trinajstić information content (AvgIpc) is 2.93.